The van der Waals surface area contributed by atoms with Crippen molar-refractivity contribution >= 4 is 23.8 Å². The Balaban J connectivity index is 1.99. The Morgan fingerprint density at radius 1 is 1.15 bits per heavy atom. The molecule has 1 amide bonds. The molecule has 0 radical (unpaired) electrons. The van der Waals surface area contributed by atoms with Gasteiger partial charge in [-0.15, -0.1) is 0 Å². The zero-order valence-electron chi connectivity index (χ0n) is 14.6. The predicted molar refractivity (Wildman–Crippen MR) is 89.1 cm³/mol. The molecule has 0 spiro atoms. The normalized spacial score (nSPS) is 17.8. The predicted octanol–water partition coefficient (Wildman–Crippen LogP) is 1.67. The van der Waals surface area contributed by atoms with Gasteiger partial charge < -0.3 is 19.9 Å². The maximum Gasteiger partial charge on any atom is 0.404 e. The van der Waals surface area contributed by atoms with Crippen molar-refractivity contribution < 1.29 is 33.8 Å². The van der Waals surface area contributed by atoms with Crippen molar-refractivity contribution in [1.29, 1.82) is 0 Å². The van der Waals surface area contributed by atoms with E-state index in [1.54, 1.807) is 0 Å². The minimum Gasteiger partial charge on any atom is -0.465 e. The van der Waals surface area contributed by atoms with Crippen LogP contribution in [0.2, 0.25) is 0 Å². The third-order valence-corrected chi connectivity index (χ3v) is 3.88. The summed E-state index contributed by atoms with van der Waals surface area (Å²) in [6.07, 6.45) is -0.850. The van der Waals surface area contributed by atoms with Crippen molar-refractivity contribution in [1.82, 2.24) is 5.32 Å². The minimum atomic E-state index is -1.62. The summed E-state index contributed by atoms with van der Waals surface area (Å²) in [4.78, 5) is 47.1. The van der Waals surface area contributed by atoms with Crippen LogP contribution in [0.3, 0.4) is 0 Å². The fraction of sp³-hybridized carbons (Fsp3) is 0.444. The quantitative estimate of drug-likeness (QED) is 0.558. The monoisotopic (exact) mass is 363 g/mol. The van der Waals surface area contributed by atoms with E-state index in [4.69, 9.17) is 14.6 Å². The lowest BCUT2D eigenvalue weighted by Crippen LogP contribution is -2.49. The molecule has 2 rings (SSSR count). The van der Waals surface area contributed by atoms with Crippen LogP contribution in [0.15, 0.2) is 30.3 Å². The smallest absolute Gasteiger partial charge is 0.404 e. The average Bonchev–Trinajstić information content (AvgIpc) is 2.51. The lowest BCUT2D eigenvalue weighted by molar-refractivity contribution is -0.238. The first-order valence-corrected chi connectivity index (χ1v) is 8.20. The lowest BCUT2D eigenvalue weighted by atomic mass is 9.95. The molecule has 1 atom stereocenters. The highest BCUT2D eigenvalue weighted by molar-refractivity contribution is 6.15. The van der Waals surface area contributed by atoms with E-state index in [1.165, 1.54) is 13.8 Å². The molecule has 1 heterocycles. The summed E-state index contributed by atoms with van der Waals surface area (Å²) in [5.74, 6) is -5.55. The SMILES string of the molecule is CC1(C)OC(=O)C(C(=O)CCC(Cc2ccccc2)NC(=O)O)C(=O)O1. The Morgan fingerprint density at radius 2 is 1.73 bits per heavy atom. The number of carbonyl (C=O) groups excluding carboxylic acids is 3. The van der Waals surface area contributed by atoms with Gasteiger partial charge in [-0.1, -0.05) is 30.3 Å². The summed E-state index contributed by atoms with van der Waals surface area (Å²) in [5.41, 5.74) is 0.900. The molecule has 1 aliphatic heterocycles. The van der Waals surface area contributed by atoms with Crippen LogP contribution < -0.4 is 5.32 Å². The van der Waals surface area contributed by atoms with Crippen molar-refractivity contribution in [2.45, 2.75) is 44.9 Å². The van der Waals surface area contributed by atoms with Crippen LogP contribution in [0.25, 0.3) is 0 Å². The number of hydrogen-bond donors (Lipinski definition) is 2. The van der Waals surface area contributed by atoms with Crippen LogP contribution in [0.5, 0.6) is 0 Å². The second kappa shape index (κ2) is 7.99. The van der Waals surface area contributed by atoms with Gasteiger partial charge >= 0.3 is 18.0 Å². The van der Waals surface area contributed by atoms with Crippen molar-refractivity contribution in [3.63, 3.8) is 0 Å². The number of rotatable bonds is 7. The molecule has 1 saturated heterocycles. The number of Topliss-reactive ketones (excluding diaryl/α,β-unsaturated/α-hetero) is 1. The zero-order valence-corrected chi connectivity index (χ0v) is 14.6. The fourth-order valence-electron chi connectivity index (χ4n) is 2.74. The number of ether oxygens (including phenoxy) is 2. The fourth-order valence-corrected chi connectivity index (χ4v) is 2.74. The van der Waals surface area contributed by atoms with E-state index in [-0.39, 0.29) is 12.8 Å². The Bertz CT molecular complexity index is 679. The average molecular weight is 363 g/mol. The van der Waals surface area contributed by atoms with Gasteiger partial charge in [0.1, 0.15) is 0 Å². The zero-order chi connectivity index (χ0) is 19.3. The molecule has 8 nitrogen and oxygen atoms in total. The number of benzene rings is 1. The minimum absolute atomic E-state index is 0.139. The molecule has 1 unspecified atom stereocenters. The first kappa shape index (κ1) is 19.4. The second-order valence-electron chi connectivity index (χ2n) is 6.52. The number of esters is 2. The van der Waals surface area contributed by atoms with Gasteiger partial charge in [-0.3, -0.25) is 14.4 Å². The van der Waals surface area contributed by atoms with E-state index in [2.05, 4.69) is 5.32 Å². The maximum atomic E-state index is 12.3. The van der Waals surface area contributed by atoms with Crippen LogP contribution >= 0.6 is 0 Å². The largest absolute Gasteiger partial charge is 0.465 e. The van der Waals surface area contributed by atoms with Gasteiger partial charge in [0.2, 0.25) is 5.92 Å². The molecular weight excluding hydrogens is 342 g/mol. The number of carboxylic acid groups (broad SMARTS) is 1. The van der Waals surface area contributed by atoms with Gasteiger partial charge in [0, 0.05) is 26.3 Å². The third kappa shape index (κ3) is 5.30. The van der Waals surface area contributed by atoms with Gasteiger partial charge in [0.25, 0.3) is 5.79 Å². The molecule has 1 aliphatic rings. The van der Waals surface area contributed by atoms with Gasteiger partial charge in [-0.05, 0) is 18.4 Å². The first-order chi connectivity index (χ1) is 12.2. The molecule has 0 aliphatic carbocycles. The van der Waals surface area contributed by atoms with Crippen molar-refractivity contribution in [3.8, 4) is 0 Å². The Hall–Kier alpha value is -2.90. The van der Waals surface area contributed by atoms with E-state index in [0.717, 1.165) is 5.56 Å². The van der Waals surface area contributed by atoms with Gasteiger partial charge in [-0.25, -0.2) is 4.79 Å². The van der Waals surface area contributed by atoms with Crippen LogP contribution in [-0.2, 0) is 30.3 Å². The van der Waals surface area contributed by atoms with E-state index < -0.39 is 41.6 Å². The van der Waals surface area contributed by atoms with Gasteiger partial charge in [0.15, 0.2) is 5.78 Å². The Morgan fingerprint density at radius 3 is 2.27 bits per heavy atom. The molecule has 2 N–H and O–H groups in total. The summed E-state index contributed by atoms with van der Waals surface area (Å²) in [6, 6.07) is 8.65. The van der Waals surface area contributed by atoms with Crippen LogP contribution in [0.4, 0.5) is 4.79 Å². The van der Waals surface area contributed by atoms with E-state index in [9.17, 15) is 19.2 Å². The summed E-state index contributed by atoms with van der Waals surface area (Å²) in [5, 5.41) is 11.3. The highest BCUT2D eigenvalue weighted by Gasteiger charge is 2.46. The number of ketones is 1. The lowest BCUT2D eigenvalue weighted by Gasteiger charge is -2.32. The molecule has 0 aromatic heterocycles. The molecule has 1 aromatic carbocycles. The second-order valence-corrected chi connectivity index (χ2v) is 6.52. The van der Waals surface area contributed by atoms with Crippen LogP contribution in [0.1, 0.15) is 32.3 Å². The number of hydrogen-bond acceptors (Lipinski definition) is 6. The van der Waals surface area contributed by atoms with Gasteiger partial charge in [-0.2, -0.15) is 0 Å². The molecule has 1 aromatic rings. The molecular formula is C18H21NO7. The third-order valence-electron chi connectivity index (χ3n) is 3.88. The van der Waals surface area contributed by atoms with Crippen LogP contribution in [-0.4, -0.2) is 40.8 Å². The van der Waals surface area contributed by atoms with E-state index in [0.29, 0.717) is 6.42 Å². The number of nitrogens with one attached hydrogen (secondary N) is 1. The number of amides is 1. The van der Waals surface area contributed by atoms with E-state index in [1.807, 2.05) is 30.3 Å². The first-order valence-electron chi connectivity index (χ1n) is 8.20. The maximum absolute atomic E-state index is 12.3. The summed E-state index contributed by atoms with van der Waals surface area (Å²) >= 11 is 0. The molecule has 0 bridgehead atoms. The Kier molecular flexibility index (Phi) is 5.97. The summed E-state index contributed by atoms with van der Waals surface area (Å²) in [6.45, 7) is 2.80. The van der Waals surface area contributed by atoms with Crippen molar-refractivity contribution in [3.05, 3.63) is 35.9 Å². The molecule has 1 fully saturated rings. The van der Waals surface area contributed by atoms with Crippen molar-refractivity contribution in [2.24, 2.45) is 5.92 Å². The molecule has 8 heteroatoms. The standard InChI is InChI=1S/C18H21NO7/c1-18(2)25-15(21)14(16(22)26-18)13(20)9-8-12(19-17(23)24)10-11-6-4-3-5-7-11/h3-7,12,14,19H,8-10H2,1-2H3,(H,23,24). The molecule has 26 heavy (non-hydrogen) atoms. The Labute approximate surface area is 150 Å². The van der Waals surface area contributed by atoms with Gasteiger partial charge in [0.05, 0.1) is 0 Å². The topological polar surface area (TPSA) is 119 Å². The summed E-state index contributed by atoms with van der Waals surface area (Å²) in [7, 11) is 0. The number of carbonyl (C=O) groups is 4. The highest BCUT2D eigenvalue weighted by atomic mass is 16.7. The molecule has 140 valence electrons. The highest BCUT2D eigenvalue weighted by Crippen LogP contribution is 2.25. The molecule has 0 saturated carbocycles. The summed E-state index contributed by atoms with van der Waals surface area (Å²) < 4.78 is 9.86. The van der Waals surface area contributed by atoms with Crippen LogP contribution in [0, 0.1) is 5.92 Å². The van der Waals surface area contributed by atoms with Crippen molar-refractivity contribution in [2.75, 3.05) is 0 Å². The van der Waals surface area contributed by atoms with E-state index >= 15 is 0 Å². The number of cyclic esters (lactones) is 2.